The first-order valence-corrected chi connectivity index (χ1v) is 9.39. The highest BCUT2D eigenvalue weighted by Crippen LogP contribution is 2.23. The molecule has 0 radical (unpaired) electrons. The van der Waals surface area contributed by atoms with Crippen molar-refractivity contribution >= 4 is 22.7 Å². The number of fused-ring (bicyclic) bond motifs is 1. The Morgan fingerprint density at radius 3 is 2.62 bits per heavy atom. The van der Waals surface area contributed by atoms with E-state index in [1.54, 1.807) is 32.2 Å². The van der Waals surface area contributed by atoms with E-state index in [0.29, 0.717) is 34.1 Å². The van der Waals surface area contributed by atoms with Gasteiger partial charge in [-0.3, -0.25) is 9.36 Å². The number of aryl methyl sites for hydroxylation is 3. The number of carbonyl (C=O) groups is 1. The lowest BCUT2D eigenvalue weighted by molar-refractivity contribution is -0.115. The molecule has 0 fully saturated rings. The molecule has 0 aliphatic heterocycles. The zero-order chi connectivity index (χ0) is 20.5. The molecule has 0 saturated carbocycles. The lowest BCUT2D eigenvalue weighted by Crippen LogP contribution is -2.15. The van der Waals surface area contributed by atoms with E-state index in [9.17, 15) is 9.59 Å². The highest BCUT2D eigenvalue weighted by atomic mass is 16.4. The Kier molecular flexibility index (Phi) is 4.80. The monoisotopic (exact) mass is 391 g/mol. The van der Waals surface area contributed by atoms with Gasteiger partial charge in [0.2, 0.25) is 11.8 Å². The van der Waals surface area contributed by atoms with Crippen molar-refractivity contribution in [2.24, 2.45) is 7.05 Å². The van der Waals surface area contributed by atoms with E-state index in [2.05, 4.69) is 17.2 Å². The second-order valence-electron chi connectivity index (χ2n) is 6.91. The zero-order valence-electron chi connectivity index (χ0n) is 16.5. The van der Waals surface area contributed by atoms with Crippen LogP contribution in [0.25, 0.3) is 22.6 Å². The third kappa shape index (κ3) is 3.71. The number of hydrogen-bond acceptors (Lipinski definition) is 5. The van der Waals surface area contributed by atoms with Gasteiger partial charge in [0.05, 0.1) is 17.6 Å². The molecule has 4 aromatic rings. The average Bonchev–Trinajstić information content (AvgIpc) is 3.21. The van der Waals surface area contributed by atoms with Crippen molar-refractivity contribution in [3.05, 3.63) is 70.0 Å². The molecule has 148 valence electrons. The van der Waals surface area contributed by atoms with Crippen LogP contribution in [0.2, 0.25) is 0 Å². The number of aromatic nitrogens is 2. The number of oxazole rings is 2. The maximum absolute atomic E-state index is 12.5. The van der Waals surface area contributed by atoms with Crippen molar-refractivity contribution in [2.45, 2.75) is 26.7 Å². The predicted octanol–water partition coefficient (Wildman–Crippen LogP) is 3.84. The summed E-state index contributed by atoms with van der Waals surface area (Å²) in [5, 5.41) is 2.81. The number of benzene rings is 2. The minimum atomic E-state index is -0.443. The Labute approximate surface area is 167 Å². The standard InChI is InChI=1S/C22H21N3O4/c1-4-14-5-7-15(8-6-14)21-24-17(13(2)28-21)12-20(26)23-16-9-10-18-19(11-16)29-22(27)25(18)3/h5-11H,4,12H2,1-3H3,(H,23,26). The van der Waals surface area contributed by atoms with E-state index in [0.717, 1.165) is 12.0 Å². The van der Waals surface area contributed by atoms with Crippen molar-refractivity contribution in [3.8, 4) is 11.5 Å². The molecular formula is C22H21N3O4. The Morgan fingerprint density at radius 2 is 1.90 bits per heavy atom. The lowest BCUT2D eigenvalue weighted by Gasteiger charge is -2.04. The maximum Gasteiger partial charge on any atom is 0.419 e. The Balaban J connectivity index is 1.49. The highest BCUT2D eigenvalue weighted by Gasteiger charge is 2.15. The summed E-state index contributed by atoms with van der Waals surface area (Å²) in [4.78, 5) is 28.6. The molecule has 2 heterocycles. The molecule has 0 bridgehead atoms. The van der Waals surface area contributed by atoms with Crippen LogP contribution in [0.15, 0.2) is 56.1 Å². The van der Waals surface area contributed by atoms with Crippen LogP contribution in [-0.2, 0) is 24.7 Å². The third-order valence-electron chi connectivity index (χ3n) is 4.91. The number of nitrogens with zero attached hydrogens (tertiary/aromatic N) is 2. The van der Waals surface area contributed by atoms with Gasteiger partial charge < -0.3 is 14.2 Å². The van der Waals surface area contributed by atoms with Crippen LogP contribution in [0.5, 0.6) is 0 Å². The van der Waals surface area contributed by atoms with Crippen LogP contribution in [0.3, 0.4) is 0 Å². The first-order valence-electron chi connectivity index (χ1n) is 9.39. The van der Waals surface area contributed by atoms with Crippen molar-refractivity contribution in [2.75, 3.05) is 5.32 Å². The average molecular weight is 391 g/mol. The zero-order valence-corrected chi connectivity index (χ0v) is 16.5. The van der Waals surface area contributed by atoms with E-state index in [-0.39, 0.29) is 12.3 Å². The van der Waals surface area contributed by atoms with E-state index >= 15 is 0 Å². The lowest BCUT2D eigenvalue weighted by atomic mass is 10.1. The number of nitrogens with one attached hydrogen (secondary N) is 1. The summed E-state index contributed by atoms with van der Waals surface area (Å²) in [7, 11) is 1.63. The Bertz CT molecular complexity index is 1250. The quantitative estimate of drug-likeness (QED) is 0.558. The molecule has 7 heteroatoms. The highest BCUT2D eigenvalue weighted by molar-refractivity contribution is 5.94. The van der Waals surface area contributed by atoms with Crippen LogP contribution in [0.4, 0.5) is 5.69 Å². The van der Waals surface area contributed by atoms with Crippen LogP contribution < -0.4 is 11.1 Å². The number of amides is 1. The maximum atomic E-state index is 12.5. The summed E-state index contributed by atoms with van der Waals surface area (Å²) in [5.74, 6) is 0.438. The normalized spacial score (nSPS) is 11.1. The molecule has 0 unspecified atom stereocenters. The van der Waals surface area contributed by atoms with Gasteiger partial charge in [0.25, 0.3) is 0 Å². The largest absolute Gasteiger partial charge is 0.441 e. The van der Waals surface area contributed by atoms with Gasteiger partial charge in [-0.25, -0.2) is 9.78 Å². The fourth-order valence-electron chi connectivity index (χ4n) is 3.17. The molecule has 0 aliphatic carbocycles. The molecule has 29 heavy (non-hydrogen) atoms. The molecule has 4 rings (SSSR count). The number of hydrogen-bond donors (Lipinski definition) is 1. The summed E-state index contributed by atoms with van der Waals surface area (Å²) in [6, 6.07) is 13.1. The molecule has 0 saturated heterocycles. The van der Waals surface area contributed by atoms with Crippen LogP contribution in [0, 0.1) is 6.92 Å². The fraction of sp³-hybridized carbons (Fsp3) is 0.227. The van der Waals surface area contributed by atoms with Gasteiger partial charge in [0.1, 0.15) is 5.76 Å². The van der Waals surface area contributed by atoms with Crippen LogP contribution in [0.1, 0.15) is 23.9 Å². The third-order valence-corrected chi connectivity index (χ3v) is 4.91. The van der Waals surface area contributed by atoms with Gasteiger partial charge in [-0.15, -0.1) is 0 Å². The van der Waals surface area contributed by atoms with E-state index < -0.39 is 5.76 Å². The minimum absolute atomic E-state index is 0.0825. The summed E-state index contributed by atoms with van der Waals surface area (Å²) in [6.45, 7) is 3.90. The van der Waals surface area contributed by atoms with E-state index in [1.165, 1.54) is 10.1 Å². The number of anilines is 1. The molecule has 0 spiro atoms. The van der Waals surface area contributed by atoms with Crippen LogP contribution in [-0.4, -0.2) is 15.5 Å². The van der Waals surface area contributed by atoms with Gasteiger partial charge in [-0.1, -0.05) is 19.1 Å². The predicted molar refractivity (Wildman–Crippen MR) is 110 cm³/mol. The number of carbonyl (C=O) groups excluding carboxylic acids is 1. The second kappa shape index (κ2) is 7.43. The summed E-state index contributed by atoms with van der Waals surface area (Å²) < 4.78 is 12.3. The van der Waals surface area contributed by atoms with Gasteiger partial charge in [0, 0.05) is 24.4 Å². The van der Waals surface area contributed by atoms with Gasteiger partial charge in [-0.2, -0.15) is 0 Å². The Morgan fingerprint density at radius 1 is 1.14 bits per heavy atom. The van der Waals surface area contributed by atoms with Crippen molar-refractivity contribution in [3.63, 3.8) is 0 Å². The van der Waals surface area contributed by atoms with Crippen molar-refractivity contribution < 1.29 is 13.6 Å². The first-order chi connectivity index (χ1) is 13.9. The second-order valence-corrected chi connectivity index (χ2v) is 6.91. The van der Waals surface area contributed by atoms with Gasteiger partial charge in [0.15, 0.2) is 5.58 Å². The number of rotatable bonds is 5. The fourth-order valence-corrected chi connectivity index (χ4v) is 3.17. The molecule has 1 N–H and O–H groups in total. The van der Waals surface area contributed by atoms with Gasteiger partial charge in [-0.05, 0) is 43.2 Å². The summed E-state index contributed by atoms with van der Waals surface area (Å²) >= 11 is 0. The summed E-state index contributed by atoms with van der Waals surface area (Å²) in [5.41, 5.74) is 4.34. The van der Waals surface area contributed by atoms with Crippen molar-refractivity contribution in [1.29, 1.82) is 0 Å². The molecule has 1 amide bonds. The molecule has 0 atom stereocenters. The van der Waals surface area contributed by atoms with E-state index in [1.807, 2.05) is 24.3 Å². The van der Waals surface area contributed by atoms with Crippen molar-refractivity contribution in [1.82, 2.24) is 9.55 Å². The topological polar surface area (TPSA) is 90.3 Å². The van der Waals surface area contributed by atoms with Gasteiger partial charge >= 0.3 is 5.76 Å². The first kappa shape index (κ1) is 18.7. The smallest absolute Gasteiger partial charge is 0.419 e. The van der Waals surface area contributed by atoms with Crippen LogP contribution >= 0.6 is 0 Å². The molecule has 0 aliphatic rings. The molecule has 2 aromatic heterocycles. The molecule has 2 aromatic carbocycles. The Hall–Kier alpha value is -3.61. The molecule has 7 nitrogen and oxygen atoms in total. The summed E-state index contributed by atoms with van der Waals surface area (Å²) in [6.07, 6.45) is 1.05. The molecular weight excluding hydrogens is 370 g/mol. The van der Waals surface area contributed by atoms with E-state index in [4.69, 9.17) is 8.83 Å². The SMILES string of the molecule is CCc1ccc(-c2nc(CC(=O)Nc3ccc4c(c3)oc(=O)n4C)c(C)o2)cc1. The minimum Gasteiger partial charge on any atom is -0.441 e.